The Kier molecular flexibility index (Phi) is 3.59. The van der Waals surface area contributed by atoms with Crippen LogP contribution in [0.4, 0.5) is 5.69 Å². The summed E-state index contributed by atoms with van der Waals surface area (Å²) in [5.41, 5.74) is 2.35. The van der Waals surface area contributed by atoms with Gasteiger partial charge in [0.25, 0.3) is 0 Å². The molecule has 2 rings (SSSR count). The average molecular weight is 207 g/mol. The van der Waals surface area contributed by atoms with Crippen molar-refractivity contribution in [2.24, 2.45) is 0 Å². The molecule has 1 aliphatic rings. The molecule has 1 atom stereocenters. The number of hydrogen-bond donors (Lipinski definition) is 1. The van der Waals surface area contributed by atoms with Gasteiger partial charge >= 0.3 is 0 Å². The molecule has 0 bridgehead atoms. The maximum atomic E-state index is 5.32. The standard InChI is InChI=1S/C12H17NO2/c1-14-8-10-3-2-4-11(7-10)13-12-5-6-15-9-12/h2-4,7,12-13H,5-6,8-9H2,1H3. The first-order valence-corrected chi connectivity index (χ1v) is 5.30. The van der Waals surface area contributed by atoms with Gasteiger partial charge in [0.15, 0.2) is 0 Å². The molecule has 1 aliphatic heterocycles. The Labute approximate surface area is 90.4 Å². The van der Waals surface area contributed by atoms with Crippen LogP contribution in [0.1, 0.15) is 12.0 Å². The third kappa shape index (κ3) is 2.94. The second-order valence-corrected chi connectivity index (χ2v) is 3.84. The molecular formula is C12H17NO2. The van der Waals surface area contributed by atoms with Crippen LogP contribution in [0.3, 0.4) is 0 Å². The number of benzene rings is 1. The van der Waals surface area contributed by atoms with Gasteiger partial charge in [-0.2, -0.15) is 0 Å². The molecule has 1 heterocycles. The molecular weight excluding hydrogens is 190 g/mol. The van der Waals surface area contributed by atoms with Crippen molar-refractivity contribution in [3.63, 3.8) is 0 Å². The Bertz CT molecular complexity index is 308. The molecule has 1 unspecified atom stereocenters. The summed E-state index contributed by atoms with van der Waals surface area (Å²) in [7, 11) is 1.71. The van der Waals surface area contributed by atoms with Gasteiger partial charge in [-0.05, 0) is 24.1 Å². The van der Waals surface area contributed by atoms with E-state index in [1.807, 2.05) is 6.07 Å². The molecule has 1 saturated heterocycles. The number of methoxy groups -OCH3 is 1. The number of nitrogens with one attached hydrogen (secondary N) is 1. The largest absolute Gasteiger partial charge is 0.380 e. The summed E-state index contributed by atoms with van der Waals surface area (Å²) in [6, 6.07) is 8.79. The normalized spacial score (nSPS) is 20.5. The summed E-state index contributed by atoms with van der Waals surface area (Å²) >= 11 is 0. The van der Waals surface area contributed by atoms with E-state index in [-0.39, 0.29) is 0 Å². The maximum absolute atomic E-state index is 5.32. The average Bonchev–Trinajstić information content (AvgIpc) is 2.71. The molecule has 0 radical (unpaired) electrons. The smallest absolute Gasteiger partial charge is 0.0713 e. The summed E-state index contributed by atoms with van der Waals surface area (Å²) < 4.78 is 10.4. The van der Waals surface area contributed by atoms with Crippen LogP contribution in [0.15, 0.2) is 24.3 Å². The van der Waals surface area contributed by atoms with E-state index in [0.29, 0.717) is 12.6 Å². The van der Waals surface area contributed by atoms with Crippen LogP contribution in [0.25, 0.3) is 0 Å². The summed E-state index contributed by atoms with van der Waals surface area (Å²) in [4.78, 5) is 0. The van der Waals surface area contributed by atoms with Crippen molar-refractivity contribution >= 4 is 5.69 Å². The van der Waals surface area contributed by atoms with Gasteiger partial charge in [-0.15, -0.1) is 0 Å². The molecule has 0 saturated carbocycles. The lowest BCUT2D eigenvalue weighted by Crippen LogP contribution is -2.18. The van der Waals surface area contributed by atoms with Crippen LogP contribution >= 0.6 is 0 Å². The van der Waals surface area contributed by atoms with Crippen molar-refractivity contribution in [1.82, 2.24) is 0 Å². The Morgan fingerprint density at radius 2 is 2.47 bits per heavy atom. The van der Waals surface area contributed by atoms with Gasteiger partial charge in [0.2, 0.25) is 0 Å². The van der Waals surface area contributed by atoms with Crippen LogP contribution in [0, 0.1) is 0 Å². The van der Waals surface area contributed by atoms with Crippen LogP contribution in [0.2, 0.25) is 0 Å². The Hall–Kier alpha value is -1.06. The second-order valence-electron chi connectivity index (χ2n) is 3.84. The lowest BCUT2D eigenvalue weighted by molar-refractivity contribution is 0.185. The third-order valence-electron chi connectivity index (χ3n) is 2.54. The van der Waals surface area contributed by atoms with Crippen molar-refractivity contribution < 1.29 is 9.47 Å². The van der Waals surface area contributed by atoms with E-state index in [0.717, 1.165) is 25.3 Å². The van der Waals surface area contributed by atoms with E-state index >= 15 is 0 Å². The fourth-order valence-electron chi connectivity index (χ4n) is 1.80. The highest BCUT2D eigenvalue weighted by atomic mass is 16.5. The van der Waals surface area contributed by atoms with Crippen LogP contribution in [-0.2, 0) is 16.1 Å². The van der Waals surface area contributed by atoms with Crippen LogP contribution in [-0.4, -0.2) is 26.4 Å². The first-order valence-electron chi connectivity index (χ1n) is 5.30. The zero-order valence-corrected chi connectivity index (χ0v) is 9.03. The minimum atomic E-state index is 0.461. The van der Waals surface area contributed by atoms with Gasteiger partial charge in [-0.3, -0.25) is 0 Å². The highest BCUT2D eigenvalue weighted by Gasteiger charge is 2.14. The van der Waals surface area contributed by atoms with E-state index < -0.39 is 0 Å². The minimum absolute atomic E-state index is 0.461. The van der Waals surface area contributed by atoms with Crippen molar-refractivity contribution in [2.45, 2.75) is 19.1 Å². The van der Waals surface area contributed by atoms with E-state index in [1.165, 1.54) is 5.56 Å². The third-order valence-corrected chi connectivity index (χ3v) is 2.54. The molecule has 3 heteroatoms. The van der Waals surface area contributed by atoms with Gasteiger partial charge in [0.1, 0.15) is 0 Å². The Morgan fingerprint density at radius 3 is 3.20 bits per heavy atom. The van der Waals surface area contributed by atoms with E-state index in [9.17, 15) is 0 Å². The van der Waals surface area contributed by atoms with Gasteiger partial charge in [-0.25, -0.2) is 0 Å². The Morgan fingerprint density at radius 1 is 1.53 bits per heavy atom. The molecule has 1 aromatic carbocycles. The van der Waals surface area contributed by atoms with Gasteiger partial charge in [0, 0.05) is 19.4 Å². The van der Waals surface area contributed by atoms with E-state index in [1.54, 1.807) is 7.11 Å². The molecule has 0 amide bonds. The number of ether oxygens (including phenoxy) is 2. The lowest BCUT2D eigenvalue weighted by atomic mass is 10.2. The zero-order valence-electron chi connectivity index (χ0n) is 9.03. The molecule has 15 heavy (non-hydrogen) atoms. The molecule has 0 aliphatic carbocycles. The SMILES string of the molecule is COCc1cccc(NC2CCOC2)c1. The highest BCUT2D eigenvalue weighted by Crippen LogP contribution is 2.15. The van der Waals surface area contributed by atoms with Gasteiger partial charge in [-0.1, -0.05) is 12.1 Å². The molecule has 0 spiro atoms. The quantitative estimate of drug-likeness (QED) is 0.819. The summed E-state index contributed by atoms with van der Waals surface area (Å²) in [5, 5.41) is 3.46. The first-order chi connectivity index (χ1) is 7.38. The van der Waals surface area contributed by atoms with Crippen molar-refractivity contribution in [2.75, 3.05) is 25.6 Å². The topological polar surface area (TPSA) is 30.5 Å². The van der Waals surface area contributed by atoms with Gasteiger partial charge in [0.05, 0.1) is 19.3 Å². The molecule has 0 aromatic heterocycles. The Balaban J connectivity index is 1.97. The molecule has 82 valence electrons. The van der Waals surface area contributed by atoms with Gasteiger partial charge < -0.3 is 14.8 Å². The maximum Gasteiger partial charge on any atom is 0.0713 e. The van der Waals surface area contributed by atoms with E-state index in [2.05, 4.69) is 23.5 Å². The molecule has 3 nitrogen and oxygen atoms in total. The number of hydrogen-bond acceptors (Lipinski definition) is 3. The molecule has 1 fully saturated rings. The predicted octanol–water partition coefficient (Wildman–Crippen LogP) is 2.03. The van der Waals surface area contributed by atoms with Crippen molar-refractivity contribution in [3.8, 4) is 0 Å². The lowest BCUT2D eigenvalue weighted by Gasteiger charge is -2.12. The second kappa shape index (κ2) is 5.14. The summed E-state index contributed by atoms with van der Waals surface area (Å²) in [5.74, 6) is 0. The highest BCUT2D eigenvalue weighted by molar-refractivity contribution is 5.46. The van der Waals surface area contributed by atoms with Crippen molar-refractivity contribution in [3.05, 3.63) is 29.8 Å². The summed E-state index contributed by atoms with van der Waals surface area (Å²) in [6.07, 6.45) is 1.09. The number of rotatable bonds is 4. The number of anilines is 1. The van der Waals surface area contributed by atoms with Crippen LogP contribution in [0.5, 0.6) is 0 Å². The fourth-order valence-corrected chi connectivity index (χ4v) is 1.80. The van der Waals surface area contributed by atoms with E-state index in [4.69, 9.17) is 9.47 Å². The van der Waals surface area contributed by atoms with Crippen molar-refractivity contribution in [1.29, 1.82) is 0 Å². The summed E-state index contributed by atoms with van der Waals surface area (Å²) in [6.45, 7) is 2.35. The molecule has 1 N–H and O–H groups in total. The zero-order chi connectivity index (χ0) is 10.5. The fraction of sp³-hybridized carbons (Fsp3) is 0.500. The van der Waals surface area contributed by atoms with Crippen LogP contribution < -0.4 is 5.32 Å². The monoisotopic (exact) mass is 207 g/mol. The minimum Gasteiger partial charge on any atom is -0.380 e. The first kappa shape index (κ1) is 10.5. The molecule has 1 aromatic rings. The predicted molar refractivity (Wildman–Crippen MR) is 60.0 cm³/mol.